The number of carboxylic acid groups (broad SMARTS) is 1. The maximum atomic E-state index is 13.3. The average molecular weight is 440 g/mol. The fourth-order valence-corrected chi connectivity index (χ4v) is 4.95. The maximum absolute atomic E-state index is 13.3. The topological polar surface area (TPSA) is 139 Å². The number of nitrogens with zero attached hydrogens (tertiary/aromatic N) is 5. The Labute approximate surface area is 178 Å². The van der Waals surface area contributed by atoms with Gasteiger partial charge in [-0.2, -0.15) is 9.71 Å². The van der Waals surface area contributed by atoms with Crippen LogP contribution in [-0.4, -0.2) is 49.6 Å². The fraction of sp³-hybridized carbons (Fsp3) is 0.250. The number of allylic oxidation sites excluding steroid dienone is 2. The minimum atomic E-state index is -4.31. The van der Waals surface area contributed by atoms with Crippen LogP contribution in [0.2, 0.25) is 0 Å². The second-order valence-electron chi connectivity index (χ2n) is 7.33. The van der Waals surface area contributed by atoms with Crippen molar-refractivity contribution in [3.05, 3.63) is 71.8 Å². The van der Waals surface area contributed by atoms with Gasteiger partial charge in [-0.25, -0.2) is 17.9 Å². The lowest BCUT2D eigenvalue weighted by atomic mass is 9.73. The molecule has 3 aromatic heterocycles. The number of fused-ring (bicyclic) bond motifs is 1. The number of pyridine rings is 1. The average Bonchev–Trinajstić information content (AvgIpc) is 3.14. The van der Waals surface area contributed by atoms with E-state index >= 15 is 0 Å². The molecule has 0 aromatic carbocycles. The lowest BCUT2D eigenvalue weighted by Crippen LogP contribution is -2.58. The van der Waals surface area contributed by atoms with E-state index in [9.17, 15) is 18.3 Å². The zero-order valence-electron chi connectivity index (χ0n) is 16.8. The van der Waals surface area contributed by atoms with Gasteiger partial charge >= 0.3 is 5.97 Å². The van der Waals surface area contributed by atoms with Crippen LogP contribution in [0.3, 0.4) is 0 Å². The summed E-state index contributed by atoms with van der Waals surface area (Å²) in [5.74, 6) is -2.20. The summed E-state index contributed by atoms with van der Waals surface area (Å²) in [5.41, 5.74) is 0.244. The maximum Gasteiger partial charge on any atom is 0.312 e. The van der Waals surface area contributed by atoms with Crippen molar-refractivity contribution in [2.24, 2.45) is 5.92 Å². The van der Waals surface area contributed by atoms with E-state index in [2.05, 4.69) is 24.8 Å². The first-order valence-corrected chi connectivity index (χ1v) is 10.9. The lowest BCUT2D eigenvalue weighted by molar-refractivity contribution is -0.141. The molecule has 11 heteroatoms. The van der Waals surface area contributed by atoms with Gasteiger partial charge in [0.25, 0.3) is 21.0 Å². The van der Waals surface area contributed by atoms with Gasteiger partial charge in [-0.3, -0.25) is 9.78 Å². The zero-order chi connectivity index (χ0) is 22.2. The molecule has 2 atom stereocenters. The Hall–Kier alpha value is -3.44. The summed E-state index contributed by atoms with van der Waals surface area (Å²) in [5, 5.41) is 13.4. The highest BCUT2D eigenvalue weighted by atomic mass is 32.2. The Morgan fingerprint density at radius 3 is 2.77 bits per heavy atom. The first-order chi connectivity index (χ1) is 14.7. The Morgan fingerprint density at radius 2 is 2.06 bits per heavy atom. The molecule has 160 valence electrons. The van der Waals surface area contributed by atoms with Crippen molar-refractivity contribution in [1.29, 1.82) is 0 Å². The summed E-state index contributed by atoms with van der Waals surface area (Å²) in [4.78, 5) is 24.6. The Morgan fingerprint density at radius 1 is 1.26 bits per heavy atom. The van der Waals surface area contributed by atoms with E-state index in [1.807, 2.05) is 0 Å². The minimum Gasteiger partial charge on any atom is -0.481 e. The van der Waals surface area contributed by atoms with Crippen LogP contribution in [0.1, 0.15) is 18.3 Å². The van der Waals surface area contributed by atoms with E-state index in [1.54, 1.807) is 62.7 Å². The van der Waals surface area contributed by atoms with Gasteiger partial charge in [0.15, 0.2) is 0 Å². The molecule has 3 heterocycles. The van der Waals surface area contributed by atoms with Crippen LogP contribution in [0.25, 0.3) is 5.78 Å². The molecule has 3 aromatic rings. The van der Waals surface area contributed by atoms with Crippen molar-refractivity contribution >= 4 is 21.8 Å². The molecule has 0 fully saturated rings. The second-order valence-corrected chi connectivity index (χ2v) is 8.91. The van der Waals surface area contributed by atoms with Crippen LogP contribution in [0.4, 0.5) is 0 Å². The van der Waals surface area contributed by atoms with Crippen LogP contribution in [0, 0.1) is 12.8 Å². The van der Waals surface area contributed by atoms with Crippen molar-refractivity contribution in [2.75, 3.05) is 0 Å². The lowest BCUT2D eigenvalue weighted by Gasteiger charge is -2.40. The minimum absolute atomic E-state index is 0.0292. The van der Waals surface area contributed by atoms with Gasteiger partial charge in [-0.05, 0) is 32.0 Å². The van der Waals surface area contributed by atoms with E-state index in [0.29, 0.717) is 17.0 Å². The molecule has 31 heavy (non-hydrogen) atoms. The molecule has 0 aliphatic heterocycles. The molecular weight excluding hydrogens is 420 g/mol. The molecule has 4 rings (SSSR count). The summed E-state index contributed by atoms with van der Waals surface area (Å²) < 4.78 is 30.5. The molecule has 0 spiro atoms. The number of hydrogen-bond acceptors (Lipinski definition) is 7. The number of aromatic nitrogens is 5. The largest absolute Gasteiger partial charge is 0.481 e. The van der Waals surface area contributed by atoms with Gasteiger partial charge in [0.2, 0.25) is 0 Å². The number of sulfonamides is 1. The van der Waals surface area contributed by atoms with Gasteiger partial charge < -0.3 is 5.11 Å². The van der Waals surface area contributed by atoms with Crippen molar-refractivity contribution in [1.82, 2.24) is 29.3 Å². The molecule has 0 amide bonds. The summed E-state index contributed by atoms with van der Waals surface area (Å²) >= 11 is 0. The van der Waals surface area contributed by atoms with Gasteiger partial charge in [0.1, 0.15) is 0 Å². The van der Waals surface area contributed by atoms with Crippen molar-refractivity contribution in [2.45, 2.75) is 31.0 Å². The van der Waals surface area contributed by atoms with Crippen LogP contribution >= 0.6 is 0 Å². The molecule has 1 aliphatic carbocycles. The number of rotatable bonds is 6. The fourth-order valence-electron chi connectivity index (χ4n) is 3.63. The van der Waals surface area contributed by atoms with E-state index < -0.39 is 32.6 Å². The molecule has 2 unspecified atom stereocenters. The number of aryl methyl sites for hydroxylation is 1. The monoisotopic (exact) mass is 440 g/mol. The standard InChI is InChI=1S/C20H20N6O4S/c1-13-6-5-8-16(17(27)28)20(13,12-15-7-3-4-10-21-15)25-31(29,30)19-23-18-22-14(2)9-11-26(18)24-19/h3-11,16,25H,12H2,1-2H3,(H,27,28). The predicted octanol–water partition coefficient (Wildman–Crippen LogP) is 1.30. The normalized spacial score (nSPS) is 21.2. The van der Waals surface area contributed by atoms with Gasteiger partial charge in [-0.15, -0.1) is 5.10 Å². The smallest absolute Gasteiger partial charge is 0.312 e. The van der Waals surface area contributed by atoms with Crippen molar-refractivity contribution in [3.63, 3.8) is 0 Å². The summed E-state index contributed by atoms with van der Waals surface area (Å²) in [6.07, 6.45) is 7.91. The molecule has 0 saturated carbocycles. The number of nitrogens with one attached hydrogen (secondary N) is 1. The predicted molar refractivity (Wildman–Crippen MR) is 111 cm³/mol. The van der Waals surface area contributed by atoms with Gasteiger partial charge in [0, 0.05) is 30.2 Å². The van der Waals surface area contributed by atoms with Crippen LogP contribution in [0.15, 0.2) is 65.6 Å². The molecule has 1 aliphatic rings. The highest BCUT2D eigenvalue weighted by Crippen LogP contribution is 2.35. The molecular formula is C20H20N6O4S. The summed E-state index contributed by atoms with van der Waals surface area (Å²) in [6.45, 7) is 3.44. The molecule has 2 N–H and O–H groups in total. The molecule has 0 bridgehead atoms. The number of hydrogen-bond donors (Lipinski definition) is 2. The molecule has 10 nitrogen and oxygen atoms in total. The van der Waals surface area contributed by atoms with E-state index in [0.717, 1.165) is 0 Å². The van der Waals surface area contributed by atoms with Crippen LogP contribution < -0.4 is 4.72 Å². The SMILES string of the molecule is CC1=CC=CC(C(=O)O)C1(Cc1ccccn1)NS(=O)(=O)c1nc2nc(C)ccn2n1. The number of carbonyl (C=O) groups is 1. The second kappa shape index (κ2) is 7.67. The van der Waals surface area contributed by atoms with Crippen molar-refractivity contribution in [3.8, 4) is 0 Å². The third kappa shape index (κ3) is 3.84. The van der Waals surface area contributed by atoms with E-state index in [-0.39, 0.29) is 12.2 Å². The van der Waals surface area contributed by atoms with Crippen LogP contribution in [0.5, 0.6) is 0 Å². The molecule has 0 saturated heterocycles. The van der Waals surface area contributed by atoms with E-state index in [1.165, 1.54) is 10.6 Å². The van der Waals surface area contributed by atoms with Gasteiger partial charge in [-0.1, -0.05) is 29.9 Å². The number of aliphatic carboxylic acids is 1. The quantitative estimate of drug-likeness (QED) is 0.585. The van der Waals surface area contributed by atoms with Gasteiger partial charge in [0.05, 0.1) is 11.5 Å². The van der Waals surface area contributed by atoms with Crippen molar-refractivity contribution < 1.29 is 18.3 Å². The third-order valence-electron chi connectivity index (χ3n) is 5.22. The third-order valence-corrected chi connectivity index (χ3v) is 6.51. The first-order valence-electron chi connectivity index (χ1n) is 9.43. The van der Waals surface area contributed by atoms with Crippen LogP contribution in [-0.2, 0) is 21.2 Å². The summed E-state index contributed by atoms with van der Waals surface area (Å²) in [6, 6.07) is 6.88. The Kier molecular flexibility index (Phi) is 5.15. The number of carboxylic acids is 1. The van der Waals surface area contributed by atoms with E-state index in [4.69, 9.17) is 0 Å². The zero-order valence-corrected chi connectivity index (χ0v) is 17.6. The molecule has 0 radical (unpaired) electrons. The summed E-state index contributed by atoms with van der Waals surface area (Å²) in [7, 11) is -4.31. The highest BCUT2D eigenvalue weighted by molar-refractivity contribution is 7.89. The Balaban J connectivity index is 1.82. The first kappa shape index (κ1) is 20.8. The highest BCUT2D eigenvalue weighted by Gasteiger charge is 2.48. The Bertz CT molecular complexity index is 1320.